The third kappa shape index (κ3) is 2.06. The summed E-state index contributed by atoms with van der Waals surface area (Å²) >= 11 is 3.53. The number of hydrogen-bond acceptors (Lipinski definition) is 2. The van der Waals surface area contributed by atoms with E-state index in [0.29, 0.717) is 5.92 Å². The smallest absolute Gasteiger partial charge is 0.110 e. The first kappa shape index (κ1) is 13.1. The van der Waals surface area contributed by atoms with E-state index >= 15 is 0 Å². The van der Waals surface area contributed by atoms with Gasteiger partial charge >= 0.3 is 0 Å². The molecule has 3 nitrogen and oxygen atoms in total. The van der Waals surface area contributed by atoms with Crippen molar-refractivity contribution in [1.82, 2.24) is 9.78 Å². The Hall–Kier alpha value is -0.350. The summed E-state index contributed by atoms with van der Waals surface area (Å²) in [7, 11) is 0. The van der Waals surface area contributed by atoms with E-state index in [4.69, 9.17) is 0 Å². The minimum atomic E-state index is -0.733. The van der Waals surface area contributed by atoms with Crippen LogP contribution in [0.15, 0.2) is 10.7 Å². The fourth-order valence-corrected chi connectivity index (χ4v) is 3.65. The predicted octanol–water partition coefficient (Wildman–Crippen LogP) is 3.31. The summed E-state index contributed by atoms with van der Waals surface area (Å²) in [6.45, 7) is 7.24. The monoisotopic (exact) mass is 300 g/mol. The maximum Gasteiger partial charge on any atom is 0.110 e. The SMILES string of the molecule is CCn1ncc(Br)c1C1(O)CCCC(C)C1C. The van der Waals surface area contributed by atoms with Gasteiger partial charge < -0.3 is 5.11 Å². The lowest BCUT2D eigenvalue weighted by Crippen LogP contribution is -2.42. The highest BCUT2D eigenvalue weighted by atomic mass is 79.9. The van der Waals surface area contributed by atoms with Gasteiger partial charge in [-0.25, -0.2) is 0 Å². The van der Waals surface area contributed by atoms with Gasteiger partial charge in [-0.1, -0.05) is 20.3 Å². The summed E-state index contributed by atoms with van der Waals surface area (Å²) < 4.78 is 2.85. The van der Waals surface area contributed by atoms with Crippen LogP contribution in [0.5, 0.6) is 0 Å². The Balaban J connectivity index is 2.45. The maximum absolute atomic E-state index is 11.1. The number of hydrogen-bond donors (Lipinski definition) is 1. The zero-order valence-corrected chi connectivity index (χ0v) is 12.4. The van der Waals surface area contributed by atoms with E-state index in [0.717, 1.165) is 29.6 Å². The van der Waals surface area contributed by atoms with Crippen molar-refractivity contribution in [2.75, 3.05) is 0 Å². The molecule has 3 unspecified atom stereocenters. The van der Waals surface area contributed by atoms with E-state index in [2.05, 4.69) is 41.8 Å². The molecular weight excluding hydrogens is 280 g/mol. The Morgan fingerprint density at radius 1 is 1.59 bits per heavy atom. The molecule has 0 aliphatic heterocycles. The van der Waals surface area contributed by atoms with Crippen LogP contribution in [0.1, 0.15) is 45.7 Å². The van der Waals surface area contributed by atoms with Crippen LogP contribution in [0.4, 0.5) is 0 Å². The fourth-order valence-electron chi connectivity index (χ4n) is 3.01. The molecule has 1 saturated carbocycles. The van der Waals surface area contributed by atoms with E-state index in [-0.39, 0.29) is 5.92 Å². The lowest BCUT2D eigenvalue weighted by Gasteiger charge is -2.42. The molecule has 0 bridgehead atoms. The maximum atomic E-state index is 11.1. The van der Waals surface area contributed by atoms with Crippen LogP contribution < -0.4 is 0 Å². The largest absolute Gasteiger partial charge is 0.383 e. The average molecular weight is 301 g/mol. The van der Waals surface area contributed by atoms with Gasteiger partial charge in [-0.15, -0.1) is 0 Å². The second-order valence-electron chi connectivity index (χ2n) is 5.24. The Morgan fingerprint density at radius 2 is 2.29 bits per heavy atom. The van der Waals surface area contributed by atoms with Crippen molar-refractivity contribution in [2.24, 2.45) is 11.8 Å². The van der Waals surface area contributed by atoms with Crippen molar-refractivity contribution < 1.29 is 5.11 Å². The van der Waals surface area contributed by atoms with Crippen molar-refractivity contribution in [2.45, 2.75) is 52.2 Å². The quantitative estimate of drug-likeness (QED) is 0.910. The highest BCUT2D eigenvalue weighted by molar-refractivity contribution is 9.10. The molecule has 2 rings (SSSR count). The zero-order chi connectivity index (χ0) is 12.6. The molecule has 0 amide bonds. The third-order valence-electron chi connectivity index (χ3n) is 4.33. The van der Waals surface area contributed by atoms with Crippen molar-refractivity contribution in [3.8, 4) is 0 Å². The van der Waals surface area contributed by atoms with E-state index < -0.39 is 5.60 Å². The molecule has 0 spiro atoms. The van der Waals surface area contributed by atoms with E-state index in [1.54, 1.807) is 6.20 Å². The molecule has 1 N–H and O–H groups in total. The molecule has 0 saturated heterocycles. The average Bonchev–Trinajstić information content (AvgIpc) is 2.68. The van der Waals surface area contributed by atoms with Crippen molar-refractivity contribution in [3.63, 3.8) is 0 Å². The Labute approximate surface area is 111 Å². The lowest BCUT2D eigenvalue weighted by atomic mass is 9.69. The molecule has 0 aromatic carbocycles. The normalized spacial score (nSPS) is 33.9. The third-order valence-corrected chi connectivity index (χ3v) is 4.91. The van der Waals surface area contributed by atoms with Crippen molar-refractivity contribution >= 4 is 15.9 Å². The lowest BCUT2D eigenvalue weighted by molar-refractivity contribution is -0.0757. The van der Waals surface area contributed by atoms with Crippen molar-refractivity contribution in [1.29, 1.82) is 0 Å². The summed E-state index contributed by atoms with van der Waals surface area (Å²) in [5, 5.41) is 15.4. The second-order valence-corrected chi connectivity index (χ2v) is 6.09. The van der Waals surface area contributed by atoms with Gasteiger partial charge in [-0.2, -0.15) is 5.10 Å². The summed E-state index contributed by atoms with van der Waals surface area (Å²) in [5.74, 6) is 0.829. The topological polar surface area (TPSA) is 38.0 Å². The van der Waals surface area contributed by atoms with Gasteiger partial charge in [-0.3, -0.25) is 4.68 Å². The molecule has 17 heavy (non-hydrogen) atoms. The highest BCUT2D eigenvalue weighted by Crippen LogP contribution is 2.46. The molecule has 1 aromatic rings. The Bertz CT molecular complexity index is 404. The molecule has 1 aliphatic rings. The second kappa shape index (κ2) is 4.73. The minimum Gasteiger partial charge on any atom is -0.383 e. The molecule has 96 valence electrons. The van der Waals surface area contributed by atoms with Crippen LogP contribution in [0, 0.1) is 11.8 Å². The first-order valence-corrected chi connectivity index (χ1v) is 7.24. The Morgan fingerprint density at radius 3 is 2.94 bits per heavy atom. The van der Waals surface area contributed by atoms with Gasteiger partial charge in [0, 0.05) is 6.54 Å². The standard InChI is InChI=1S/C13H21BrN2O/c1-4-16-12(11(14)8-15-16)13(17)7-5-6-9(2)10(13)3/h8-10,17H,4-7H2,1-3H3. The van der Waals surface area contributed by atoms with E-state index in [1.807, 2.05) is 4.68 Å². The number of aromatic nitrogens is 2. The van der Waals surface area contributed by atoms with E-state index in [1.165, 1.54) is 6.42 Å². The first-order chi connectivity index (χ1) is 8.00. The van der Waals surface area contributed by atoms with Crippen LogP contribution in [0.3, 0.4) is 0 Å². The van der Waals surface area contributed by atoms with Gasteiger partial charge in [0.05, 0.1) is 16.4 Å². The molecular formula is C13H21BrN2O. The number of nitrogens with zero attached hydrogens (tertiary/aromatic N) is 2. The minimum absolute atomic E-state index is 0.273. The molecule has 0 radical (unpaired) electrons. The summed E-state index contributed by atoms with van der Waals surface area (Å²) in [6, 6.07) is 0. The van der Waals surface area contributed by atoms with Gasteiger partial charge in [-0.05, 0) is 47.5 Å². The van der Waals surface area contributed by atoms with Crippen molar-refractivity contribution in [3.05, 3.63) is 16.4 Å². The molecule has 1 heterocycles. The molecule has 1 aromatic heterocycles. The number of aliphatic hydroxyl groups is 1. The number of aryl methyl sites for hydroxylation is 1. The van der Waals surface area contributed by atoms with Crippen LogP contribution in [-0.4, -0.2) is 14.9 Å². The molecule has 1 fully saturated rings. The van der Waals surface area contributed by atoms with E-state index in [9.17, 15) is 5.11 Å². The molecule has 3 atom stereocenters. The van der Waals surface area contributed by atoms with Gasteiger partial charge in [0.15, 0.2) is 0 Å². The van der Waals surface area contributed by atoms with Crippen LogP contribution in [0.2, 0.25) is 0 Å². The number of rotatable bonds is 2. The molecule has 1 aliphatic carbocycles. The first-order valence-electron chi connectivity index (χ1n) is 6.44. The van der Waals surface area contributed by atoms with Gasteiger partial charge in [0.1, 0.15) is 5.60 Å². The van der Waals surface area contributed by atoms with Gasteiger partial charge in [0.2, 0.25) is 0 Å². The van der Waals surface area contributed by atoms with Crippen LogP contribution in [0.25, 0.3) is 0 Å². The van der Waals surface area contributed by atoms with Crippen LogP contribution in [-0.2, 0) is 12.1 Å². The fraction of sp³-hybridized carbons (Fsp3) is 0.769. The number of halogens is 1. The summed E-state index contributed by atoms with van der Waals surface area (Å²) in [5.41, 5.74) is 0.224. The predicted molar refractivity (Wildman–Crippen MR) is 71.7 cm³/mol. The summed E-state index contributed by atoms with van der Waals surface area (Å²) in [4.78, 5) is 0. The highest BCUT2D eigenvalue weighted by Gasteiger charge is 2.44. The Kier molecular flexibility index (Phi) is 3.64. The van der Waals surface area contributed by atoms with Gasteiger partial charge in [0.25, 0.3) is 0 Å². The van der Waals surface area contributed by atoms with Crippen LogP contribution >= 0.6 is 15.9 Å². The zero-order valence-electron chi connectivity index (χ0n) is 10.8. The summed E-state index contributed by atoms with van der Waals surface area (Å²) in [6.07, 6.45) is 4.93. The molecule has 4 heteroatoms.